The van der Waals surface area contributed by atoms with E-state index in [0.29, 0.717) is 0 Å². The Morgan fingerprint density at radius 1 is 1.20 bits per heavy atom. The van der Waals surface area contributed by atoms with Crippen molar-refractivity contribution in [2.24, 2.45) is 0 Å². The van der Waals surface area contributed by atoms with Crippen LogP contribution in [0, 0.1) is 11.3 Å². The molecule has 0 saturated carbocycles. The van der Waals surface area contributed by atoms with Gasteiger partial charge in [0.05, 0.1) is 18.1 Å². The van der Waals surface area contributed by atoms with Crippen LogP contribution < -0.4 is 5.32 Å². The lowest BCUT2D eigenvalue weighted by Gasteiger charge is -2.26. The number of alkyl halides is 3. The summed E-state index contributed by atoms with van der Waals surface area (Å²) in [5.74, 6) is -0.969. The van der Waals surface area contributed by atoms with Gasteiger partial charge in [0, 0.05) is 16.3 Å². The summed E-state index contributed by atoms with van der Waals surface area (Å²) in [7, 11) is 0. The van der Waals surface area contributed by atoms with Crippen LogP contribution in [0.5, 0.6) is 5.75 Å². The summed E-state index contributed by atoms with van der Waals surface area (Å²) in [6.07, 6.45) is -4.94. The summed E-state index contributed by atoms with van der Waals surface area (Å²) in [5, 5.41) is 22.0. The molecule has 0 unspecified atom stereocenters. The number of benzene rings is 2. The lowest BCUT2D eigenvalue weighted by Crippen LogP contribution is -2.35. The van der Waals surface area contributed by atoms with Crippen LogP contribution in [0.2, 0.25) is 5.02 Å². The van der Waals surface area contributed by atoms with E-state index >= 15 is 0 Å². The molecule has 2 aromatic carbocycles. The van der Waals surface area contributed by atoms with E-state index in [1.165, 1.54) is 18.2 Å². The van der Waals surface area contributed by atoms with Gasteiger partial charge in [-0.3, -0.25) is 4.79 Å². The Hall–Kier alpha value is -2.72. The summed E-state index contributed by atoms with van der Waals surface area (Å²) in [6.45, 7) is 0. The van der Waals surface area contributed by atoms with Crippen molar-refractivity contribution in [2.45, 2.75) is 18.0 Å². The molecule has 1 amide bonds. The fraction of sp³-hybridized carbons (Fsp3) is 0.176. The van der Waals surface area contributed by atoms with E-state index in [-0.39, 0.29) is 34.0 Å². The molecule has 1 heterocycles. The highest BCUT2D eigenvalue weighted by atomic mass is 35.5. The van der Waals surface area contributed by atoms with E-state index in [0.717, 1.165) is 18.2 Å². The number of anilines is 1. The number of carbonyl (C=O) groups is 1. The number of amides is 1. The molecular formula is C17H10ClF3N2O2. The Morgan fingerprint density at radius 2 is 1.92 bits per heavy atom. The minimum absolute atomic E-state index is 0.0468. The van der Waals surface area contributed by atoms with Crippen LogP contribution in [0.3, 0.4) is 0 Å². The molecule has 2 aromatic rings. The molecule has 1 aliphatic rings. The first-order chi connectivity index (χ1) is 11.7. The number of aromatic hydroxyl groups is 1. The fourth-order valence-electron chi connectivity index (χ4n) is 3.05. The van der Waals surface area contributed by atoms with E-state index in [4.69, 9.17) is 11.6 Å². The monoisotopic (exact) mass is 366 g/mol. The minimum atomic E-state index is -4.57. The van der Waals surface area contributed by atoms with Gasteiger partial charge in [0.1, 0.15) is 11.2 Å². The van der Waals surface area contributed by atoms with Crippen molar-refractivity contribution < 1.29 is 23.1 Å². The smallest absolute Gasteiger partial charge is 0.416 e. The van der Waals surface area contributed by atoms with Gasteiger partial charge in [-0.05, 0) is 35.9 Å². The number of hydrogen-bond donors (Lipinski definition) is 2. The lowest BCUT2D eigenvalue weighted by atomic mass is 9.72. The fourth-order valence-corrected chi connectivity index (χ4v) is 3.23. The number of nitrogens with zero attached hydrogens (tertiary/aromatic N) is 1. The maximum atomic E-state index is 12.9. The highest BCUT2D eigenvalue weighted by molar-refractivity contribution is 6.30. The van der Waals surface area contributed by atoms with Crippen molar-refractivity contribution >= 4 is 23.2 Å². The number of halogens is 4. The third-order valence-electron chi connectivity index (χ3n) is 4.21. The Morgan fingerprint density at radius 3 is 2.56 bits per heavy atom. The van der Waals surface area contributed by atoms with Crippen molar-refractivity contribution in [1.29, 1.82) is 5.26 Å². The molecule has 0 bridgehead atoms. The predicted octanol–water partition coefficient (Wildman–Crippen LogP) is 4.22. The molecule has 1 atom stereocenters. The molecule has 2 N–H and O–H groups in total. The van der Waals surface area contributed by atoms with Gasteiger partial charge in [-0.1, -0.05) is 17.7 Å². The second-order valence-corrected chi connectivity index (χ2v) is 6.05. The molecular weight excluding hydrogens is 357 g/mol. The van der Waals surface area contributed by atoms with Crippen molar-refractivity contribution in [3.63, 3.8) is 0 Å². The number of hydrogen-bond acceptors (Lipinski definition) is 3. The predicted molar refractivity (Wildman–Crippen MR) is 84.2 cm³/mol. The Kier molecular flexibility index (Phi) is 3.88. The summed E-state index contributed by atoms with van der Waals surface area (Å²) >= 11 is 5.94. The molecule has 8 heteroatoms. The molecule has 0 saturated heterocycles. The van der Waals surface area contributed by atoms with Crippen molar-refractivity contribution in [1.82, 2.24) is 0 Å². The van der Waals surface area contributed by atoms with E-state index in [1.54, 1.807) is 0 Å². The zero-order chi connectivity index (χ0) is 18.4. The highest BCUT2D eigenvalue weighted by Gasteiger charge is 2.50. The number of nitriles is 1. The maximum absolute atomic E-state index is 12.9. The Bertz CT molecular complexity index is 921. The van der Waals surface area contributed by atoms with Crippen LogP contribution in [0.25, 0.3) is 0 Å². The zero-order valence-electron chi connectivity index (χ0n) is 12.5. The number of phenolic OH excluding ortho intramolecular Hbond substituents is 1. The third-order valence-corrected chi connectivity index (χ3v) is 4.44. The standard InChI is InChI=1S/C17H10ClF3N2O2/c18-10-2-4-14(24)12(8-10)16(5-6-22)11-3-1-9(17(19,20)21)7-13(11)23-15(16)25/h1-4,7-8,24H,5H2,(H,23,25)/t16-/m1/s1. The number of fused-ring (bicyclic) bond motifs is 1. The van der Waals surface area contributed by atoms with Crippen LogP contribution in [-0.2, 0) is 16.4 Å². The van der Waals surface area contributed by atoms with Crippen LogP contribution >= 0.6 is 11.6 Å². The van der Waals surface area contributed by atoms with Gasteiger partial charge in [0.2, 0.25) is 5.91 Å². The minimum Gasteiger partial charge on any atom is -0.508 e. The first kappa shape index (κ1) is 17.1. The van der Waals surface area contributed by atoms with Crippen LogP contribution in [0.1, 0.15) is 23.1 Å². The number of phenols is 1. The van der Waals surface area contributed by atoms with Crippen LogP contribution in [0.4, 0.5) is 18.9 Å². The topological polar surface area (TPSA) is 73.1 Å². The van der Waals surface area contributed by atoms with E-state index in [2.05, 4.69) is 5.32 Å². The SMILES string of the molecule is N#CC[C@@]1(c2cc(Cl)ccc2O)C(=O)Nc2cc(C(F)(F)F)ccc21. The number of carbonyl (C=O) groups excluding carboxylic acids is 1. The van der Waals surface area contributed by atoms with Gasteiger partial charge in [0.25, 0.3) is 0 Å². The van der Waals surface area contributed by atoms with Crippen LogP contribution in [-0.4, -0.2) is 11.0 Å². The Labute approximate surface area is 145 Å². The molecule has 0 aromatic heterocycles. The van der Waals surface area contributed by atoms with Crippen LogP contribution in [0.15, 0.2) is 36.4 Å². The molecule has 1 aliphatic heterocycles. The van der Waals surface area contributed by atoms with Gasteiger partial charge in [-0.15, -0.1) is 0 Å². The quantitative estimate of drug-likeness (QED) is 0.836. The molecule has 0 spiro atoms. The normalized spacial score (nSPS) is 19.2. The van der Waals surface area contributed by atoms with E-state index < -0.39 is 23.1 Å². The molecule has 128 valence electrons. The summed E-state index contributed by atoms with van der Waals surface area (Å²) in [6, 6.07) is 8.68. The summed E-state index contributed by atoms with van der Waals surface area (Å²) in [5.41, 5.74) is -2.35. The van der Waals surface area contributed by atoms with Gasteiger partial charge >= 0.3 is 6.18 Å². The molecule has 0 radical (unpaired) electrons. The summed E-state index contributed by atoms with van der Waals surface area (Å²) in [4.78, 5) is 12.7. The Balaban J connectivity index is 2.28. The first-order valence-electron chi connectivity index (χ1n) is 7.09. The van der Waals surface area contributed by atoms with Crippen molar-refractivity contribution in [3.05, 3.63) is 58.1 Å². The molecule has 25 heavy (non-hydrogen) atoms. The number of nitrogens with one attached hydrogen (secondary N) is 1. The first-order valence-corrected chi connectivity index (χ1v) is 7.47. The van der Waals surface area contributed by atoms with Gasteiger partial charge in [-0.25, -0.2) is 0 Å². The van der Waals surface area contributed by atoms with Crippen molar-refractivity contribution in [3.8, 4) is 11.8 Å². The van der Waals surface area contributed by atoms with Crippen molar-refractivity contribution in [2.75, 3.05) is 5.32 Å². The zero-order valence-corrected chi connectivity index (χ0v) is 13.2. The van der Waals surface area contributed by atoms with E-state index in [9.17, 15) is 28.3 Å². The van der Waals surface area contributed by atoms with Gasteiger partial charge in [-0.2, -0.15) is 18.4 Å². The molecule has 4 nitrogen and oxygen atoms in total. The molecule has 0 aliphatic carbocycles. The summed E-state index contributed by atoms with van der Waals surface area (Å²) < 4.78 is 38.7. The average molecular weight is 367 g/mol. The van der Waals surface area contributed by atoms with Gasteiger partial charge < -0.3 is 10.4 Å². The van der Waals surface area contributed by atoms with E-state index in [1.807, 2.05) is 6.07 Å². The molecule has 0 fully saturated rings. The number of rotatable bonds is 2. The lowest BCUT2D eigenvalue weighted by molar-refractivity contribution is -0.137. The second kappa shape index (κ2) is 5.67. The molecule has 3 rings (SSSR count). The largest absolute Gasteiger partial charge is 0.508 e. The maximum Gasteiger partial charge on any atom is 0.416 e. The highest BCUT2D eigenvalue weighted by Crippen LogP contribution is 2.49. The van der Waals surface area contributed by atoms with Gasteiger partial charge in [0.15, 0.2) is 0 Å². The second-order valence-electron chi connectivity index (χ2n) is 5.61. The average Bonchev–Trinajstić information content (AvgIpc) is 2.81. The third kappa shape index (κ3) is 2.59.